The van der Waals surface area contributed by atoms with Crippen molar-refractivity contribution in [3.8, 4) is 0 Å². The molecule has 17 heavy (non-hydrogen) atoms. The Bertz CT molecular complexity index is 403. The average molecular weight is 239 g/mol. The maximum atomic E-state index is 13.8. The van der Waals surface area contributed by atoms with E-state index in [1.807, 2.05) is 6.92 Å². The van der Waals surface area contributed by atoms with Gasteiger partial charge in [-0.25, -0.2) is 8.78 Å². The van der Waals surface area contributed by atoms with Crippen molar-refractivity contribution in [2.45, 2.75) is 45.1 Å². The molecule has 1 aromatic carbocycles. The topological polar surface area (TPSA) is 12.0 Å². The van der Waals surface area contributed by atoms with Crippen molar-refractivity contribution < 1.29 is 8.78 Å². The van der Waals surface area contributed by atoms with Gasteiger partial charge in [-0.05, 0) is 48.9 Å². The maximum Gasteiger partial charge on any atom is 0.129 e. The van der Waals surface area contributed by atoms with Gasteiger partial charge in [0, 0.05) is 12.1 Å². The van der Waals surface area contributed by atoms with Crippen LogP contribution in [0.4, 0.5) is 8.78 Å². The largest absolute Gasteiger partial charge is 0.310 e. The van der Waals surface area contributed by atoms with Gasteiger partial charge in [-0.15, -0.1) is 0 Å². The quantitative estimate of drug-likeness (QED) is 0.843. The summed E-state index contributed by atoms with van der Waals surface area (Å²) in [6.45, 7) is 4.98. The van der Waals surface area contributed by atoms with Crippen LogP contribution in [0.3, 0.4) is 0 Å². The number of fused-ring (bicyclic) bond motifs is 1. The van der Waals surface area contributed by atoms with Gasteiger partial charge in [-0.3, -0.25) is 0 Å². The first-order valence-electron chi connectivity index (χ1n) is 6.35. The molecular formula is C14H19F2N. The van der Waals surface area contributed by atoms with E-state index in [4.69, 9.17) is 0 Å². The Morgan fingerprint density at radius 1 is 1.29 bits per heavy atom. The summed E-state index contributed by atoms with van der Waals surface area (Å²) < 4.78 is 27.1. The van der Waals surface area contributed by atoms with E-state index in [0.717, 1.165) is 37.4 Å². The fraction of sp³-hybridized carbons (Fsp3) is 0.571. The molecule has 94 valence electrons. The van der Waals surface area contributed by atoms with Gasteiger partial charge in [0.25, 0.3) is 0 Å². The van der Waals surface area contributed by atoms with E-state index < -0.39 is 11.6 Å². The molecule has 0 heterocycles. The lowest BCUT2D eigenvalue weighted by atomic mass is 9.80. The molecule has 1 N–H and O–H groups in total. The smallest absolute Gasteiger partial charge is 0.129 e. The summed E-state index contributed by atoms with van der Waals surface area (Å²) in [7, 11) is 0. The molecule has 0 aromatic heterocycles. The number of hydrogen-bond acceptors (Lipinski definition) is 1. The molecular weight excluding hydrogens is 220 g/mol. The Labute approximate surface area is 101 Å². The Balaban J connectivity index is 2.37. The monoisotopic (exact) mass is 239 g/mol. The van der Waals surface area contributed by atoms with Crippen LogP contribution in [0.25, 0.3) is 0 Å². The van der Waals surface area contributed by atoms with E-state index in [1.165, 1.54) is 6.07 Å². The summed E-state index contributed by atoms with van der Waals surface area (Å²) >= 11 is 0. The third kappa shape index (κ3) is 2.49. The molecule has 1 aliphatic carbocycles. The maximum absolute atomic E-state index is 13.8. The van der Waals surface area contributed by atoms with Crippen LogP contribution in [0, 0.1) is 11.6 Å². The molecule has 1 aromatic rings. The second-order valence-electron chi connectivity index (χ2n) is 4.88. The zero-order valence-corrected chi connectivity index (χ0v) is 10.4. The fourth-order valence-corrected chi connectivity index (χ4v) is 2.66. The predicted octanol–water partition coefficient (Wildman–Crippen LogP) is 3.90. The van der Waals surface area contributed by atoms with Crippen molar-refractivity contribution >= 4 is 0 Å². The fourth-order valence-electron chi connectivity index (χ4n) is 2.66. The summed E-state index contributed by atoms with van der Waals surface area (Å²) in [5.74, 6) is -0.681. The summed E-state index contributed by atoms with van der Waals surface area (Å²) in [6.07, 6.45) is 2.94. The van der Waals surface area contributed by atoms with Crippen molar-refractivity contribution in [2.75, 3.05) is 6.54 Å². The first kappa shape index (κ1) is 12.5. The van der Waals surface area contributed by atoms with Gasteiger partial charge in [0.05, 0.1) is 0 Å². The molecule has 0 fully saturated rings. The van der Waals surface area contributed by atoms with Gasteiger partial charge in [-0.1, -0.05) is 13.8 Å². The van der Waals surface area contributed by atoms with Gasteiger partial charge >= 0.3 is 0 Å². The third-order valence-corrected chi connectivity index (χ3v) is 3.52. The van der Waals surface area contributed by atoms with Crippen LogP contribution in [-0.2, 0) is 0 Å². The number of rotatable bonds is 3. The molecule has 2 rings (SSSR count). The standard InChI is InChI=1S/C14H19F2N/c1-3-6-17-13-5-4-9(2)14-11(13)7-10(15)8-12(14)16/h7-9,13,17H,3-6H2,1-2H3. The van der Waals surface area contributed by atoms with Crippen LogP contribution >= 0.6 is 0 Å². The van der Waals surface area contributed by atoms with Crippen LogP contribution in [0.1, 0.15) is 56.2 Å². The highest BCUT2D eigenvalue weighted by molar-refractivity contribution is 5.36. The zero-order valence-electron chi connectivity index (χ0n) is 10.4. The molecule has 0 bridgehead atoms. The minimum atomic E-state index is -0.473. The second-order valence-corrected chi connectivity index (χ2v) is 4.88. The molecule has 1 aliphatic rings. The molecule has 2 atom stereocenters. The molecule has 0 saturated heterocycles. The lowest BCUT2D eigenvalue weighted by Gasteiger charge is -2.30. The van der Waals surface area contributed by atoms with E-state index in [1.54, 1.807) is 0 Å². The Kier molecular flexibility index (Phi) is 3.77. The van der Waals surface area contributed by atoms with E-state index >= 15 is 0 Å². The van der Waals surface area contributed by atoms with Crippen LogP contribution < -0.4 is 5.32 Å². The van der Waals surface area contributed by atoms with E-state index in [0.29, 0.717) is 5.56 Å². The SMILES string of the molecule is CCCNC1CCC(C)c2c(F)cc(F)cc21. The first-order valence-corrected chi connectivity index (χ1v) is 6.35. The van der Waals surface area contributed by atoms with Crippen molar-refractivity contribution in [3.63, 3.8) is 0 Å². The van der Waals surface area contributed by atoms with Crippen LogP contribution in [-0.4, -0.2) is 6.54 Å². The van der Waals surface area contributed by atoms with Gasteiger partial charge in [0.2, 0.25) is 0 Å². The molecule has 0 spiro atoms. The average Bonchev–Trinajstić information content (AvgIpc) is 2.27. The third-order valence-electron chi connectivity index (χ3n) is 3.52. The van der Waals surface area contributed by atoms with Gasteiger partial charge in [0.1, 0.15) is 11.6 Å². The Morgan fingerprint density at radius 2 is 2.06 bits per heavy atom. The zero-order chi connectivity index (χ0) is 12.4. The predicted molar refractivity (Wildman–Crippen MR) is 65.0 cm³/mol. The minimum absolute atomic E-state index is 0.103. The van der Waals surface area contributed by atoms with Crippen LogP contribution in [0.2, 0.25) is 0 Å². The number of hydrogen-bond donors (Lipinski definition) is 1. The minimum Gasteiger partial charge on any atom is -0.310 e. The second kappa shape index (κ2) is 5.13. The highest BCUT2D eigenvalue weighted by atomic mass is 19.1. The van der Waals surface area contributed by atoms with Crippen molar-refractivity contribution in [1.29, 1.82) is 0 Å². The van der Waals surface area contributed by atoms with Gasteiger partial charge < -0.3 is 5.32 Å². The molecule has 0 saturated carbocycles. The van der Waals surface area contributed by atoms with Gasteiger partial charge in [0.15, 0.2) is 0 Å². The summed E-state index contributed by atoms with van der Waals surface area (Å²) in [4.78, 5) is 0. The summed E-state index contributed by atoms with van der Waals surface area (Å²) in [5, 5.41) is 3.37. The first-order chi connectivity index (χ1) is 8.13. The van der Waals surface area contributed by atoms with Crippen molar-refractivity contribution in [1.82, 2.24) is 5.32 Å². The van der Waals surface area contributed by atoms with Crippen LogP contribution in [0.5, 0.6) is 0 Å². The number of nitrogens with one attached hydrogen (secondary N) is 1. The lowest BCUT2D eigenvalue weighted by molar-refractivity contribution is 0.415. The molecule has 3 heteroatoms. The number of halogens is 2. The molecule has 2 unspecified atom stereocenters. The van der Waals surface area contributed by atoms with Crippen molar-refractivity contribution in [2.24, 2.45) is 0 Å². The van der Waals surface area contributed by atoms with Crippen molar-refractivity contribution in [3.05, 3.63) is 34.9 Å². The summed E-state index contributed by atoms with van der Waals surface area (Å²) in [6, 6.07) is 2.59. The summed E-state index contributed by atoms with van der Waals surface area (Å²) in [5.41, 5.74) is 1.51. The molecule has 0 amide bonds. The normalized spacial score (nSPS) is 23.5. The lowest BCUT2D eigenvalue weighted by Crippen LogP contribution is -2.27. The van der Waals surface area contributed by atoms with Gasteiger partial charge in [-0.2, -0.15) is 0 Å². The molecule has 1 nitrogen and oxygen atoms in total. The molecule has 0 aliphatic heterocycles. The Morgan fingerprint density at radius 3 is 2.76 bits per heavy atom. The van der Waals surface area contributed by atoms with E-state index in [2.05, 4.69) is 12.2 Å². The Hall–Kier alpha value is -0.960. The van der Waals surface area contributed by atoms with E-state index in [-0.39, 0.29) is 12.0 Å². The number of benzene rings is 1. The highest BCUT2D eigenvalue weighted by Crippen LogP contribution is 2.39. The van der Waals surface area contributed by atoms with E-state index in [9.17, 15) is 8.78 Å². The highest BCUT2D eigenvalue weighted by Gasteiger charge is 2.27. The molecule has 0 radical (unpaired) electrons. The van der Waals surface area contributed by atoms with Crippen LogP contribution in [0.15, 0.2) is 12.1 Å².